The van der Waals surface area contributed by atoms with Crippen molar-refractivity contribution in [3.63, 3.8) is 0 Å². The molecule has 0 unspecified atom stereocenters. The number of carbonyl (C=O) groups is 2. The van der Waals surface area contributed by atoms with Gasteiger partial charge in [0, 0.05) is 5.69 Å². The van der Waals surface area contributed by atoms with Crippen LogP contribution in [0.25, 0.3) is 0 Å². The van der Waals surface area contributed by atoms with E-state index in [1.165, 1.54) is 18.2 Å². The molecule has 0 saturated heterocycles. The van der Waals surface area contributed by atoms with E-state index in [1.54, 1.807) is 0 Å². The smallest absolute Gasteiger partial charge is 0.336 e. The number of anilines is 1. The summed E-state index contributed by atoms with van der Waals surface area (Å²) >= 11 is 0. The molecule has 0 saturated carbocycles. The molecule has 5 nitrogen and oxygen atoms in total. The molecule has 0 aliphatic heterocycles. The molecule has 0 bridgehead atoms. The molecule has 0 atom stereocenters. The van der Waals surface area contributed by atoms with Gasteiger partial charge in [0.25, 0.3) is 0 Å². The third-order valence-electron chi connectivity index (χ3n) is 1.71. The molecule has 0 aliphatic rings. The highest BCUT2D eigenvalue weighted by atomic mass is 16.4. The molecule has 0 fully saturated rings. The van der Waals surface area contributed by atoms with Crippen molar-refractivity contribution < 1.29 is 19.8 Å². The number of aromatic carboxylic acids is 1. The molecule has 5 heteroatoms. The minimum Gasteiger partial charge on any atom is -0.481 e. The molecule has 0 aliphatic carbocycles. The Morgan fingerprint density at radius 1 is 1.29 bits per heavy atom. The van der Waals surface area contributed by atoms with Gasteiger partial charge in [0.05, 0.1) is 12.0 Å². The lowest BCUT2D eigenvalue weighted by Gasteiger charge is -2.03. The SMILES string of the molecule is Nc1ccc(CC(=O)O)c(C(=O)O)c1. The predicted molar refractivity (Wildman–Crippen MR) is 49.2 cm³/mol. The number of hydrogen-bond acceptors (Lipinski definition) is 3. The van der Waals surface area contributed by atoms with Crippen LogP contribution in [0.2, 0.25) is 0 Å². The highest BCUT2D eigenvalue weighted by Crippen LogP contribution is 2.14. The van der Waals surface area contributed by atoms with E-state index in [2.05, 4.69) is 0 Å². The van der Waals surface area contributed by atoms with Gasteiger partial charge in [-0.1, -0.05) is 6.07 Å². The summed E-state index contributed by atoms with van der Waals surface area (Å²) in [5, 5.41) is 17.3. The molecular formula is C9H9NO4. The van der Waals surface area contributed by atoms with E-state index in [4.69, 9.17) is 15.9 Å². The van der Waals surface area contributed by atoms with Crippen molar-refractivity contribution in [3.05, 3.63) is 29.3 Å². The Balaban J connectivity index is 3.14. The predicted octanol–water partition coefficient (Wildman–Crippen LogP) is 0.594. The first-order chi connectivity index (χ1) is 6.50. The van der Waals surface area contributed by atoms with Gasteiger partial charge in [-0.05, 0) is 17.7 Å². The Bertz CT molecular complexity index is 386. The number of rotatable bonds is 3. The van der Waals surface area contributed by atoms with E-state index >= 15 is 0 Å². The first-order valence-electron chi connectivity index (χ1n) is 3.84. The normalized spacial score (nSPS) is 9.71. The Kier molecular flexibility index (Phi) is 2.71. The van der Waals surface area contributed by atoms with Crippen LogP contribution in [0, 0.1) is 0 Å². The maximum absolute atomic E-state index is 10.7. The van der Waals surface area contributed by atoms with Crippen molar-refractivity contribution in [1.82, 2.24) is 0 Å². The second-order valence-corrected chi connectivity index (χ2v) is 2.79. The number of aliphatic carboxylic acids is 1. The lowest BCUT2D eigenvalue weighted by molar-refractivity contribution is -0.136. The van der Waals surface area contributed by atoms with Crippen LogP contribution in [-0.2, 0) is 11.2 Å². The van der Waals surface area contributed by atoms with E-state index < -0.39 is 11.9 Å². The number of carboxylic acid groups (broad SMARTS) is 2. The van der Waals surface area contributed by atoms with Gasteiger partial charge in [0.2, 0.25) is 0 Å². The molecule has 1 aromatic carbocycles. The fourth-order valence-corrected chi connectivity index (χ4v) is 1.11. The Hall–Kier alpha value is -2.04. The van der Waals surface area contributed by atoms with Gasteiger partial charge in [0.1, 0.15) is 0 Å². The quantitative estimate of drug-likeness (QED) is 0.613. The van der Waals surface area contributed by atoms with Crippen LogP contribution in [0.15, 0.2) is 18.2 Å². The summed E-state index contributed by atoms with van der Waals surface area (Å²) in [6, 6.07) is 4.14. The van der Waals surface area contributed by atoms with Crippen molar-refractivity contribution in [2.24, 2.45) is 0 Å². The van der Waals surface area contributed by atoms with Crippen LogP contribution < -0.4 is 5.73 Å². The first-order valence-corrected chi connectivity index (χ1v) is 3.84. The maximum atomic E-state index is 10.7. The largest absolute Gasteiger partial charge is 0.481 e. The van der Waals surface area contributed by atoms with Crippen molar-refractivity contribution in [2.75, 3.05) is 5.73 Å². The van der Waals surface area contributed by atoms with E-state index in [0.717, 1.165) is 0 Å². The lowest BCUT2D eigenvalue weighted by Crippen LogP contribution is -2.08. The van der Waals surface area contributed by atoms with Crippen LogP contribution in [0.4, 0.5) is 5.69 Å². The standard InChI is InChI=1S/C9H9NO4/c10-6-2-1-5(3-8(11)12)7(4-6)9(13)14/h1-2,4H,3,10H2,(H,11,12)(H,13,14). The van der Waals surface area contributed by atoms with Gasteiger partial charge in [-0.2, -0.15) is 0 Å². The summed E-state index contributed by atoms with van der Waals surface area (Å²) in [5.74, 6) is -2.24. The molecule has 1 rings (SSSR count). The summed E-state index contributed by atoms with van der Waals surface area (Å²) in [4.78, 5) is 21.1. The molecule has 1 aromatic rings. The molecule has 0 aromatic heterocycles. The zero-order valence-corrected chi connectivity index (χ0v) is 7.23. The van der Waals surface area contributed by atoms with Crippen LogP contribution >= 0.6 is 0 Å². The zero-order chi connectivity index (χ0) is 10.7. The minimum atomic E-state index is -1.17. The second-order valence-electron chi connectivity index (χ2n) is 2.79. The fourth-order valence-electron chi connectivity index (χ4n) is 1.11. The van der Waals surface area contributed by atoms with E-state index in [0.29, 0.717) is 5.69 Å². The summed E-state index contributed by atoms with van der Waals surface area (Å²) in [6.07, 6.45) is -0.318. The Morgan fingerprint density at radius 3 is 2.43 bits per heavy atom. The monoisotopic (exact) mass is 195 g/mol. The summed E-state index contributed by atoms with van der Waals surface area (Å²) in [7, 11) is 0. The van der Waals surface area contributed by atoms with Gasteiger partial charge >= 0.3 is 11.9 Å². The van der Waals surface area contributed by atoms with Crippen molar-refractivity contribution >= 4 is 17.6 Å². The summed E-state index contributed by atoms with van der Waals surface area (Å²) in [5.41, 5.74) is 5.87. The molecule has 4 N–H and O–H groups in total. The molecule has 0 radical (unpaired) electrons. The zero-order valence-electron chi connectivity index (χ0n) is 7.23. The third kappa shape index (κ3) is 2.22. The van der Waals surface area contributed by atoms with Crippen LogP contribution in [-0.4, -0.2) is 22.2 Å². The average Bonchev–Trinajstić information content (AvgIpc) is 2.07. The van der Waals surface area contributed by atoms with Gasteiger partial charge < -0.3 is 15.9 Å². The number of carboxylic acids is 2. The van der Waals surface area contributed by atoms with Gasteiger partial charge in [-0.25, -0.2) is 4.79 Å². The Labute approximate surface area is 79.8 Å². The van der Waals surface area contributed by atoms with E-state index in [1.807, 2.05) is 0 Å². The fraction of sp³-hybridized carbons (Fsp3) is 0.111. The number of nitrogens with two attached hydrogens (primary N) is 1. The molecular weight excluding hydrogens is 186 g/mol. The minimum absolute atomic E-state index is 0.0626. The van der Waals surface area contributed by atoms with Crippen molar-refractivity contribution in [2.45, 2.75) is 6.42 Å². The maximum Gasteiger partial charge on any atom is 0.336 e. The van der Waals surface area contributed by atoms with Gasteiger partial charge in [-0.3, -0.25) is 4.79 Å². The molecule has 0 amide bonds. The van der Waals surface area contributed by atoms with Crippen LogP contribution in [0.1, 0.15) is 15.9 Å². The van der Waals surface area contributed by atoms with Gasteiger partial charge in [0.15, 0.2) is 0 Å². The highest BCUT2D eigenvalue weighted by molar-refractivity contribution is 5.92. The topological polar surface area (TPSA) is 101 Å². The molecule has 74 valence electrons. The van der Waals surface area contributed by atoms with E-state index in [9.17, 15) is 9.59 Å². The first kappa shape index (κ1) is 10.0. The average molecular weight is 195 g/mol. The number of benzene rings is 1. The number of hydrogen-bond donors (Lipinski definition) is 3. The molecule has 0 heterocycles. The molecule has 14 heavy (non-hydrogen) atoms. The van der Waals surface area contributed by atoms with Gasteiger partial charge in [-0.15, -0.1) is 0 Å². The highest BCUT2D eigenvalue weighted by Gasteiger charge is 2.12. The van der Waals surface area contributed by atoms with Crippen LogP contribution in [0.5, 0.6) is 0 Å². The summed E-state index contributed by atoms with van der Waals surface area (Å²) in [6.45, 7) is 0. The molecule has 0 spiro atoms. The Morgan fingerprint density at radius 2 is 1.93 bits per heavy atom. The summed E-state index contributed by atoms with van der Waals surface area (Å²) < 4.78 is 0. The lowest BCUT2D eigenvalue weighted by atomic mass is 10.0. The van der Waals surface area contributed by atoms with Crippen molar-refractivity contribution in [3.8, 4) is 0 Å². The second kappa shape index (κ2) is 3.78. The van der Waals surface area contributed by atoms with Crippen LogP contribution in [0.3, 0.4) is 0 Å². The third-order valence-corrected chi connectivity index (χ3v) is 1.71. The van der Waals surface area contributed by atoms with E-state index in [-0.39, 0.29) is 17.5 Å². The number of nitrogen functional groups attached to an aromatic ring is 1. The van der Waals surface area contributed by atoms with Crippen molar-refractivity contribution in [1.29, 1.82) is 0 Å².